The average Bonchev–Trinajstić information content (AvgIpc) is 3.26. The van der Waals surface area contributed by atoms with E-state index in [1.54, 1.807) is 0 Å². The number of rotatable bonds is 7. The Morgan fingerprint density at radius 1 is 0.622 bits per heavy atom. The molecule has 0 amide bonds. The monoisotopic (exact) mass is 606 g/mol. The molecular formula is C32H39ClN3Pd-. The molecule has 5 heteroatoms. The van der Waals surface area contributed by atoms with E-state index in [9.17, 15) is 0 Å². The molecule has 0 unspecified atom stereocenters. The number of nitrogens with zero attached hydrogens (tertiary/aromatic N) is 3. The van der Waals surface area contributed by atoms with Crippen molar-refractivity contribution in [2.24, 2.45) is 0 Å². The molecule has 0 saturated carbocycles. The van der Waals surface area contributed by atoms with Crippen molar-refractivity contribution in [1.82, 2.24) is 14.1 Å². The summed E-state index contributed by atoms with van der Waals surface area (Å²) >= 11 is 6.72. The third-order valence-electron chi connectivity index (χ3n) is 6.74. The van der Waals surface area contributed by atoms with E-state index in [0.29, 0.717) is 23.7 Å². The Morgan fingerprint density at radius 3 is 1.38 bits per heavy atom. The van der Waals surface area contributed by atoms with Gasteiger partial charge in [-0.15, -0.1) is 0 Å². The molecule has 0 radical (unpaired) electrons. The fourth-order valence-corrected chi connectivity index (χ4v) is 6.93. The van der Waals surface area contributed by atoms with E-state index in [2.05, 4.69) is 113 Å². The van der Waals surface area contributed by atoms with Crippen molar-refractivity contribution in [3.05, 3.63) is 98.3 Å². The van der Waals surface area contributed by atoms with Gasteiger partial charge in [-0.25, -0.2) is 0 Å². The van der Waals surface area contributed by atoms with Crippen molar-refractivity contribution in [3.8, 4) is 11.4 Å². The molecule has 0 saturated heterocycles. The molecule has 0 aliphatic rings. The first-order valence-corrected chi connectivity index (χ1v) is 15.1. The van der Waals surface area contributed by atoms with Crippen LogP contribution in [-0.4, -0.2) is 14.1 Å². The van der Waals surface area contributed by atoms with E-state index in [0.717, 1.165) is 9.19 Å². The van der Waals surface area contributed by atoms with Crippen LogP contribution >= 0.6 is 11.6 Å². The Morgan fingerprint density at radius 2 is 1.03 bits per heavy atom. The van der Waals surface area contributed by atoms with Crippen molar-refractivity contribution in [2.75, 3.05) is 0 Å². The number of para-hydroxylation sites is 2. The van der Waals surface area contributed by atoms with Gasteiger partial charge in [0.15, 0.2) is 0 Å². The SMILES string of the molecule is CC(C)c1cccc(C(C)C)c1-n1ccn(-c2c(C(C)C)cccc2C(C)C)[c]1=[Pd-][c]1ncccc1Cl. The van der Waals surface area contributed by atoms with Crippen LogP contribution in [0.5, 0.6) is 0 Å². The molecule has 0 bridgehead atoms. The number of hydrogen-bond donors (Lipinski definition) is 0. The van der Waals surface area contributed by atoms with Crippen LogP contribution < -0.4 is 4.17 Å². The second-order valence-corrected chi connectivity index (χ2v) is 13.0. The summed E-state index contributed by atoms with van der Waals surface area (Å²) in [5, 5.41) is 0.721. The molecule has 0 N–H and O–H groups in total. The number of benzene rings is 2. The predicted molar refractivity (Wildman–Crippen MR) is 154 cm³/mol. The maximum absolute atomic E-state index is 6.70. The van der Waals surface area contributed by atoms with Crippen LogP contribution in [0.1, 0.15) is 101 Å². The van der Waals surface area contributed by atoms with Crippen LogP contribution in [0, 0.1) is 3.89 Å². The van der Waals surface area contributed by atoms with Gasteiger partial charge >= 0.3 is 236 Å². The van der Waals surface area contributed by atoms with Gasteiger partial charge in [0, 0.05) is 0 Å². The van der Waals surface area contributed by atoms with E-state index in [1.165, 1.54) is 37.5 Å². The number of halogens is 1. The van der Waals surface area contributed by atoms with E-state index in [-0.39, 0.29) is 17.5 Å². The van der Waals surface area contributed by atoms with Crippen LogP contribution in [0.2, 0.25) is 5.02 Å². The molecule has 2 aromatic heterocycles. The first-order valence-electron chi connectivity index (χ1n) is 13.2. The normalized spacial score (nSPS) is 12.0. The van der Waals surface area contributed by atoms with Gasteiger partial charge in [-0.3, -0.25) is 0 Å². The van der Waals surface area contributed by atoms with Gasteiger partial charge in [0.25, 0.3) is 0 Å². The molecule has 4 aromatic rings. The van der Waals surface area contributed by atoms with Crippen LogP contribution in [-0.2, 0) is 17.5 Å². The maximum atomic E-state index is 6.70. The Hall–Kier alpha value is -2.25. The zero-order valence-electron chi connectivity index (χ0n) is 23.2. The van der Waals surface area contributed by atoms with Crippen LogP contribution in [0.4, 0.5) is 0 Å². The van der Waals surface area contributed by atoms with E-state index < -0.39 is 0 Å². The van der Waals surface area contributed by atoms with Gasteiger partial charge in [0.1, 0.15) is 0 Å². The zero-order valence-corrected chi connectivity index (χ0v) is 25.5. The number of hydrogen-bond acceptors (Lipinski definition) is 1. The molecule has 0 aliphatic carbocycles. The van der Waals surface area contributed by atoms with Gasteiger partial charge < -0.3 is 0 Å². The summed E-state index contributed by atoms with van der Waals surface area (Å²) in [4.78, 5) is 4.72. The van der Waals surface area contributed by atoms with Crippen molar-refractivity contribution >= 4 is 15.8 Å². The zero-order chi connectivity index (χ0) is 26.9. The number of aromatic nitrogens is 3. The van der Waals surface area contributed by atoms with Crippen molar-refractivity contribution in [1.29, 1.82) is 0 Å². The standard InChI is InChI=1S/C27H36N2.C5H3ClN.Pd/c1-18(2)22-11-9-12-23(19(3)4)26(22)28-15-16-29(17-28)27-24(20(5)6)13-10-14-25(27)21(7)8;6-5-2-1-3-7-4-5;/h9-16,18-21H,1-8H3;1-3H;/q;;-1. The summed E-state index contributed by atoms with van der Waals surface area (Å²) < 4.78 is 6.99. The van der Waals surface area contributed by atoms with Crippen molar-refractivity contribution in [3.63, 3.8) is 0 Å². The molecule has 0 spiro atoms. The van der Waals surface area contributed by atoms with Gasteiger partial charge in [-0.2, -0.15) is 0 Å². The fraction of sp³-hybridized carbons (Fsp3) is 0.375. The second kappa shape index (κ2) is 11.6. The minimum absolute atomic E-state index is 0.0239. The molecule has 0 fully saturated rings. The molecule has 3 nitrogen and oxygen atoms in total. The van der Waals surface area contributed by atoms with E-state index in [1.807, 2.05) is 18.3 Å². The summed E-state index contributed by atoms with van der Waals surface area (Å²) in [5.74, 6) is 1.60. The van der Waals surface area contributed by atoms with Crippen LogP contribution in [0.15, 0.2) is 67.1 Å². The van der Waals surface area contributed by atoms with Gasteiger partial charge in [0.2, 0.25) is 0 Å². The topological polar surface area (TPSA) is 22.8 Å². The molecule has 2 aromatic carbocycles. The summed E-state index contributed by atoms with van der Waals surface area (Å²) in [7, 11) is 0. The van der Waals surface area contributed by atoms with Crippen LogP contribution in [0.25, 0.3) is 11.4 Å². The van der Waals surface area contributed by atoms with Crippen LogP contribution in [0.3, 0.4) is 0 Å². The fourth-order valence-electron chi connectivity index (χ4n) is 4.82. The molecule has 200 valence electrons. The number of imidazole rings is 1. The third-order valence-corrected chi connectivity index (χ3v) is 9.34. The summed E-state index contributed by atoms with van der Waals surface area (Å²) in [6.45, 7) is 18.3. The average molecular weight is 608 g/mol. The molecule has 0 atom stereocenters. The molecular weight excluding hydrogens is 568 g/mol. The Labute approximate surface area is 235 Å². The number of pyridine rings is 1. The predicted octanol–water partition coefficient (Wildman–Crippen LogP) is 8.75. The Bertz CT molecular complexity index is 1320. The summed E-state index contributed by atoms with van der Waals surface area (Å²) in [6, 6.07) is 17.4. The molecule has 2 heterocycles. The van der Waals surface area contributed by atoms with Crippen molar-refractivity contribution < 1.29 is 17.5 Å². The van der Waals surface area contributed by atoms with Gasteiger partial charge in [-0.1, -0.05) is 0 Å². The van der Waals surface area contributed by atoms with E-state index >= 15 is 0 Å². The van der Waals surface area contributed by atoms with Gasteiger partial charge in [-0.05, 0) is 0 Å². The molecule has 0 aliphatic heterocycles. The Kier molecular flexibility index (Phi) is 8.75. The molecule has 4 rings (SSSR count). The van der Waals surface area contributed by atoms with Crippen molar-refractivity contribution in [2.45, 2.75) is 79.1 Å². The minimum atomic E-state index is 0.0239. The first kappa shape index (κ1) is 27.8. The molecule has 37 heavy (non-hydrogen) atoms. The summed E-state index contributed by atoms with van der Waals surface area (Å²) in [5.41, 5.74) is 8.02. The Balaban J connectivity index is 2.19. The van der Waals surface area contributed by atoms with Gasteiger partial charge in [0.05, 0.1) is 0 Å². The second-order valence-electron chi connectivity index (χ2n) is 10.8. The summed E-state index contributed by atoms with van der Waals surface area (Å²) in [6.07, 6.45) is 6.35. The van der Waals surface area contributed by atoms with E-state index in [4.69, 9.17) is 16.6 Å². The quantitative estimate of drug-likeness (QED) is 0.193. The third kappa shape index (κ3) is 5.63. The first-order chi connectivity index (χ1) is 17.6.